The standard InChI is InChI=1S/C17H19NO5/c1-23-14-6-2-12(3-7-14)15-8-4-13(5-9-16(19)20)18(15)11-10-17(21)22/h2-4,6-8H,5,9-11H2,1H3,(H,19,20)(H,21,22)/p-2. The molecule has 0 spiro atoms. The average Bonchev–Trinajstić information content (AvgIpc) is 2.93. The Morgan fingerprint density at radius 3 is 2.22 bits per heavy atom. The lowest BCUT2D eigenvalue weighted by molar-refractivity contribution is -0.307. The molecule has 0 aliphatic rings. The summed E-state index contributed by atoms with van der Waals surface area (Å²) in [5.74, 6) is -1.56. The number of ether oxygens (including phenoxy) is 1. The molecule has 0 saturated carbocycles. The van der Waals surface area contributed by atoms with Crippen molar-refractivity contribution in [2.75, 3.05) is 7.11 Å². The third-order valence-electron chi connectivity index (χ3n) is 3.58. The van der Waals surface area contributed by atoms with Crippen LogP contribution in [0.4, 0.5) is 0 Å². The molecule has 0 fully saturated rings. The van der Waals surface area contributed by atoms with E-state index < -0.39 is 11.9 Å². The molecule has 0 N–H and O–H groups in total. The summed E-state index contributed by atoms with van der Waals surface area (Å²) >= 11 is 0. The Morgan fingerprint density at radius 1 is 1.00 bits per heavy atom. The SMILES string of the molecule is COc1ccc(-c2ccc(CCC(=O)[O-])n2CCC(=O)[O-])cc1. The maximum Gasteiger partial charge on any atom is 0.118 e. The Hall–Kier alpha value is -2.76. The molecule has 0 aliphatic heterocycles. The number of hydrogen-bond donors (Lipinski definition) is 0. The number of carbonyl (C=O) groups is 2. The Bertz CT molecular complexity index is 688. The molecule has 0 saturated heterocycles. The van der Waals surface area contributed by atoms with Crippen molar-refractivity contribution in [2.24, 2.45) is 0 Å². The fraction of sp³-hybridized carbons (Fsp3) is 0.294. The molecule has 23 heavy (non-hydrogen) atoms. The number of methoxy groups -OCH3 is 1. The molecule has 0 atom stereocenters. The van der Waals surface area contributed by atoms with E-state index >= 15 is 0 Å². The van der Waals surface area contributed by atoms with E-state index in [2.05, 4.69) is 0 Å². The van der Waals surface area contributed by atoms with Crippen LogP contribution in [-0.4, -0.2) is 23.6 Å². The Morgan fingerprint density at radius 2 is 1.65 bits per heavy atom. The van der Waals surface area contributed by atoms with Gasteiger partial charge in [0.25, 0.3) is 0 Å². The zero-order chi connectivity index (χ0) is 16.8. The van der Waals surface area contributed by atoms with E-state index in [1.165, 1.54) is 0 Å². The molecular formula is C17H17NO5-2. The molecule has 1 heterocycles. The predicted molar refractivity (Wildman–Crippen MR) is 79.4 cm³/mol. The van der Waals surface area contributed by atoms with Crippen molar-refractivity contribution in [1.82, 2.24) is 4.57 Å². The topological polar surface area (TPSA) is 94.4 Å². The first-order valence-corrected chi connectivity index (χ1v) is 7.24. The second-order valence-electron chi connectivity index (χ2n) is 5.08. The number of carboxylic acids is 2. The molecule has 0 radical (unpaired) electrons. The number of carbonyl (C=O) groups excluding carboxylic acids is 2. The van der Waals surface area contributed by atoms with Gasteiger partial charge < -0.3 is 29.1 Å². The normalized spacial score (nSPS) is 10.5. The van der Waals surface area contributed by atoms with Crippen LogP contribution in [0.3, 0.4) is 0 Å². The molecule has 0 bridgehead atoms. The molecule has 0 unspecified atom stereocenters. The van der Waals surface area contributed by atoms with E-state index in [0.717, 1.165) is 22.7 Å². The van der Waals surface area contributed by atoms with Gasteiger partial charge in [0.2, 0.25) is 0 Å². The first kappa shape index (κ1) is 16.6. The van der Waals surface area contributed by atoms with Crippen LogP contribution in [0.5, 0.6) is 5.75 Å². The largest absolute Gasteiger partial charge is 0.550 e. The smallest absolute Gasteiger partial charge is 0.118 e. The van der Waals surface area contributed by atoms with Gasteiger partial charge in [-0.05, 0) is 54.8 Å². The third-order valence-corrected chi connectivity index (χ3v) is 3.58. The third kappa shape index (κ3) is 4.35. The highest BCUT2D eigenvalue weighted by molar-refractivity contribution is 5.66. The maximum atomic E-state index is 10.8. The van der Waals surface area contributed by atoms with Crippen molar-refractivity contribution in [2.45, 2.75) is 25.8 Å². The molecule has 2 rings (SSSR count). The van der Waals surface area contributed by atoms with Gasteiger partial charge in [-0.3, -0.25) is 0 Å². The molecule has 0 amide bonds. The molecule has 1 aromatic heterocycles. The van der Waals surface area contributed by atoms with Crippen LogP contribution in [0.25, 0.3) is 11.3 Å². The fourth-order valence-electron chi connectivity index (χ4n) is 2.44. The number of aromatic nitrogens is 1. The molecule has 0 aliphatic carbocycles. The molecule has 122 valence electrons. The Balaban J connectivity index is 2.32. The zero-order valence-corrected chi connectivity index (χ0v) is 12.8. The van der Waals surface area contributed by atoms with Crippen LogP contribution in [0.2, 0.25) is 0 Å². The van der Waals surface area contributed by atoms with Crippen molar-refractivity contribution in [3.8, 4) is 17.0 Å². The van der Waals surface area contributed by atoms with E-state index in [9.17, 15) is 19.8 Å². The lowest BCUT2D eigenvalue weighted by atomic mass is 10.1. The van der Waals surface area contributed by atoms with E-state index in [0.29, 0.717) is 0 Å². The van der Waals surface area contributed by atoms with Crippen molar-refractivity contribution >= 4 is 11.9 Å². The highest BCUT2D eigenvalue weighted by Crippen LogP contribution is 2.26. The van der Waals surface area contributed by atoms with Gasteiger partial charge in [0.15, 0.2) is 0 Å². The summed E-state index contributed by atoms with van der Waals surface area (Å²) in [5, 5.41) is 21.4. The summed E-state index contributed by atoms with van der Waals surface area (Å²) in [6.07, 6.45) is 0.0269. The minimum absolute atomic E-state index is 0.114. The fourth-order valence-corrected chi connectivity index (χ4v) is 2.44. The Labute approximate surface area is 133 Å². The van der Waals surface area contributed by atoms with Crippen LogP contribution in [-0.2, 0) is 22.6 Å². The number of hydrogen-bond acceptors (Lipinski definition) is 5. The van der Waals surface area contributed by atoms with Gasteiger partial charge in [-0.1, -0.05) is 0 Å². The maximum absolute atomic E-state index is 10.8. The first-order valence-electron chi connectivity index (χ1n) is 7.24. The molecule has 2 aromatic rings. The minimum Gasteiger partial charge on any atom is -0.550 e. The molecule has 6 nitrogen and oxygen atoms in total. The van der Waals surface area contributed by atoms with Crippen LogP contribution >= 0.6 is 0 Å². The predicted octanol–water partition coefficient (Wildman–Crippen LogP) is -0.0138. The highest BCUT2D eigenvalue weighted by Gasteiger charge is 2.10. The lowest BCUT2D eigenvalue weighted by Gasteiger charge is -2.15. The number of rotatable bonds is 8. The molecule has 6 heteroatoms. The van der Waals surface area contributed by atoms with Crippen molar-refractivity contribution in [3.63, 3.8) is 0 Å². The van der Waals surface area contributed by atoms with Gasteiger partial charge in [0.05, 0.1) is 7.11 Å². The number of aryl methyl sites for hydroxylation is 1. The first-order chi connectivity index (χ1) is 11.0. The Kier molecular flexibility index (Phi) is 5.41. The number of benzene rings is 1. The summed E-state index contributed by atoms with van der Waals surface area (Å²) in [4.78, 5) is 21.4. The van der Waals surface area contributed by atoms with Crippen LogP contribution in [0, 0.1) is 0 Å². The van der Waals surface area contributed by atoms with Gasteiger partial charge >= 0.3 is 0 Å². The van der Waals surface area contributed by atoms with Gasteiger partial charge in [0, 0.05) is 36.3 Å². The summed E-state index contributed by atoms with van der Waals surface area (Å²) in [5.41, 5.74) is 2.47. The van der Waals surface area contributed by atoms with Gasteiger partial charge in [0.1, 0.15) is 5.75 Å². The summed E-state index contributed by atoms with van der Waals surface area (Å²) < 4.78 is 6.93. The van der Waals surface area contributed by atoms with Crippen LogP contribution < -0.4 is 14.9 Å². The van der Waals surface area contributed by atoms with Crippen molar-refractivity contribution in [3.05, 3.63) is 42.1 Å². The summed E-state index contributed by atoms with van der Waals surface area (Å²) in [6, 6.07) is 11.0. The quantitative estimate of drug-likeness (QED) is 0.682. The van der Waals surface area contributed by atoms with E-state index in [1.807, 2.05) is 30.3 Å². The highest BCUT2D eigenvalue weighted by atomic mass is 16.5. The van der Waals surface area contributed by atoms with E-state index in [-0.39, 0.29) is 25.8 Å². The molecule has 1 aromatic carbocycles. The van der Waals surface area contributed by atoms with E-state index in [4.69, 9.17) is 4.74 Å². The van der Waals surface area contributed by atoms with Gasteiger partial charge in [-0.2, -0.15) is 0 Å². The zero-order valence-electron chi connectivity index (χ0n) is 12.8. The average molecular weight is 315 g/mol. The number of carboxylic acid groups (broad SMARTS) is 2. The van der Waals surface area contributed by atoms with Gasteiger partial charge in [-0.15, -0.1) is 0 Å². The van der Waals surface area contributed by atoms with Gasteiger partial charge in [-0.25, -0.2) is 0 Å². The molecular weight excluding hydrogens is 298 g/mol. The van der Waals surface area contributed by atoms with Crippen LogP contribution in [0.1, 0.15) is 18.5 Å². The number of nitrogens with zero attached hydrogens (tertiary/aromatic N) is 1. The van der Waals surface area contributed by atoms with Crippen molar-refractivity contribution in [1.29, 1.82) is 0 Å². The van der Waals surface area contributed by atoms with Crippen LogP contribution in [0.15, 0.2) is 36.4 Å². The summed E-state index contributed by atoms with van der Waals surface area (Å²) in [7, 11) is 1.58. The monoisotopic (exact) mass is 315 g/mol. The minimum atomic E-state index is -1.15. The number of aliphatic carboxylic acids is 2. The summed E-state index contributed by atoms with van der Waals surface area (Å²) in [6.45, 7) is 0.221. The second-order valence-corrected chi connectivity index (χ2v) is 5.08. The van der Waals surface area contributed by atoms with E-state index in [1.54, 1.807) is 17.7 Å². The van der Waals surface area contributed by atoms with Crippen molar-refractivity contribution < 1.29 is 24.5 Å². The second kappa shape index (κ2) is 7.49. The lowest BCUT2D eigenvalue weighted by Crippen LogP contribution is -2.25.